The maximum absolute atomic E-state index is 13.1. The van der Waals surface area contributed by atoms with Crippen LogP contribution in [0.15, 0.2) is 42.5 Å². The lowest BCUT2D eigenvalue weighted by molar-refractivity contribution is -0.124. The molecule has 5 nitrogen and oxygen atoms in total. The molecule has 2 aromatic carbocycles. The molecule has 0 aromatic heterocycles. The van der Waals surface area contributed by atoms with Gasteiger partial charge in [0.15, 0.2) is 6.10 Å². The first-order valence-corrected chi connectivity index (χ1v) is 10.8. The predicted octanol–water partition coefficient (Wildman–Crippen LogP) is 4.80. The fraction of sp³-hybridized carbons (Fsp3) is 0.440. The zero-order chi connectivity index (χ0) is 21.7. The Morgan fingerprint density at radius 2 is 1.77 bits per heavy atom. The van der Waals surface area contributed by atoms with Gasteiger partial charge >= 0.3 is 0 Å². The van der Waals surface area contributed by atoms with Gasteiger partial charge in [-0.3, -0.25) is 9.59 Å². The summed E-state index contributed by atoms with van der Waals surface area (Å²) < 4.78 is 5.96. The van der Waals surface area contributed by atoms with Gasteiger partial charge < -0.3 is 15.0 Å². The van der Waals surface area contributed by atoms with E-state index < -0.39 is 6.10 Å². The lowest BCUT2D eigenvalue weighted by Gasteiger charge is -2.26. The molecule has 1 aliphatic carbocycles. The van der Waals surface area contributed by atoms with Crippen molar-refractivity contribution in [3.8, 4) is 5.75 Å². The van der Waals surface area contributed by atoms with E-state index in [2.05, 4.69) is 5.32 Å². The Morgan fingerprint density at radius 3 is 2.50 bits per heavy atom. The van der Waals surface area contributed by atoms with Crippen molar-refractivity contribution in [2.75, 3.05) is 11.9 Å². The summed E-state index contributed by atoms with van der Waals surface area (Å²) in [4.78, 5) is 27.5. The van der Waals surface area contributed by atoms with Crippen molar-refractivity contribution in [2.24, 2.45) is 0 Å². The third kappa shape index (κ3) is 5.21. The molecule has 2 amide bonds. The molecule has 0 radical (unpaired) electrons. The minimum absolute atomic E-state index is 0.125. The fourth-order valence-corrected chi connectivity index (χ4v) is 3.93. The number of likely N-dealkylation sites (N-methyl/N-ethyl adjacent to an activating group) is 1. The Hall–Kier alpha value is -2.82. The molecule has 30 heavy (non-hydrogen) atoms. The van der Waals surface area contributed by atoms with E-state index in [1.165, 1.54) is 11.3 Å². The standard InChI is InChI=1S/C25H32N2O3/c1-17-14-15-18(2)23(16-17)30-19(3)25(29)27(4)22-13-9-8-12-21(22)24(28)26-20-10-6-5-7-11-20/h8-9,12-16,19-20H,5-7,10-11H2,1-4H3,(H,26,28). The number of hydrogen-bond donors (Lipinski definition) is 1. The SMILES string of the molecule is Cc1ccc(C)c(OC(C)C(=O)N(C)c2ccccc2C(=O)NC2CCCCC2)c1. The quantitative estimate of drug-likeness (QED) is 0.747. The summed E-state index contributed by atoms with van der Waals surface area (Å²) >= 11 is 0. The van der Waals surface area contributed by atoms with Crippen LogP contribution in [0.25, 0.3) is 0 Å². The van der Waals surface area contributed by atoms with E-state index in [1.807, 2.05) is 44.2 Å². The van der Waals surface area contributed by atoms with Gasteiger partial charge in [-0.2, -0.15) is 0 Å². The molecule has 0 heterocycles. The molecule has 0 saturated heterocycles. The van der Waals surface area contributed by atoms with E-state index >= 15 is 0 Å². The number of nitrogens with zero attached hydrogens (tertiary/aromatic N) is 1. The number of amides is 2. The van der Waals surface area contributed by atoms with Crippen LogP contribution in [0, 0.1) is 13.8 Å². The minimum atomic E-state index is -0.676. The number of anilines is 1. The molecule has 3 rings (SSSR count). The van der Waals surface area contributed by atoms with Crippen LogP contribution in [0.2, 0.25) is 0 Å². The highest BCUT2D eigenvalue weighted by atomic mass is 16.5. The number of benzene rings is 2. The molecular weight excluding hydrogens is 376 g/mol. The van der Waals surface area contributed by atoms with Gasteiger partial charge in [-0.05, 0) is 62.9 Å². The molecule has 1 N–H and O–H groups in total. The number of ether oxygens (including phenoxy) is 1. The Labute approximate surface area is 179 Å². The van der Waals surface area contributed by atoms with Crippen molar-refractivity contribution < 1.29 is 14.3 Å². The highest BCUT2D eigenvalue weighted by Crippen LogP contribution is 2.24. The molecule has 0 bridgehead atoms. The monoisotopic (exact) mass is 408 g/mol. The van der Waals surface area contributed by atoms with E-state index in [0.717, 1.165) is 36.8 Å². The van der Waals surface area contributed by atoms with Gasteiger partial charge in [-0.25, -0.2) is 0 Å². The van der Waals surface area contributed by atoms with Crippen LogP contribution in [-0.4, -0.2) is 31.0 Å². The molecule has 0 spiro atoms. The van der Waals surface area contributed by atoms with Gasteiger partial charge in [-0.15, -0.1) is 0 Å². The van der Waals surface area contributed by atoms with Crippen LogP contribution in [0.4, 0.5) is 5.69 Å². The molecule has 160 valence electrons. The van der Waals surface area contributed by atoms with E-state index in [-0.39, 0.29) is 17.9 Å². The van der Waals surface area contributed by atoms with Gasteiger partial charge in [0.05, 0.1) is 11.3 Å². The minimum Gasteiger partial charge on any atom is -0.481 e. The predicted molar refractivity (Wildman–Crippen MR) is 120 cm³/mol. The molecule has 1 unspecified atom stereocenters. The van der Waals surface area contributed by atoms with Gasteiger partial charge in [0.2, 0.25) is 0 Å². The molecule has 5 heteroatoms. The largest absolute Gasteiger partial charge is 0.481 e. The van der Waals surface area contributed by atoms with E-state index in [4.69, 9.17) is 4.74 Å². The zero-order valence-electron chi connectivity index (χ0n) is 18.4. The fourth-order valence-electron chi connectivity index (χ4n) is 3.93. The molecule has 2 aromatic rings. The number of aryl methyl sites for hydroxylation is 2. The maximum Gasteiger partial charge on any atom is 0.267 e. The van der Waals surface area contributed by atoms with E-state index in [0.29, 0.717) is 17.0 Å². The third-order valence-electron chi connectivity index (χ3n) is 5.78. The van der Waals surface area contributed by atoms with Crippen LogP contribution in [-0.2, 0) is 4.79 Å². The number of nitrogens with one attached hydrogen (secondary N) is 1. The van der Waals surface area contributed by atoms with Crippen molar-refractivity contribution in [2.45, 2.75) is 65.0 Å². The molecule has 1 aliphatic rings. The van der Waals surface area contributed by atoms with Crippen molar-refractivity contribution in [1.29, 1.82) is 0 Å². The van der Waals surface area contributed by atoms with Crippen LogP contribution in [0.5, 0.6) is 5.75 Å². The lowest BCUT2D eigenvalue weighted by Crippen LogP contribution is -2.40. The van der Waals surface area contributed by atoms with E-state index in [9.17, 15) is 9.59 Å². The van der Waals surface area contributed by atoms with Crippen LogP contribution >= 0.6 is 0 Å². The molecule has 0 aliphatic heterocycles. The highest BCUT2D eigenvalue weighted by Gasteiger charge is 2.25. The zero-order valence-corrected chi connectivity index (χ0v) is 18.4. The normalized spacial score (nSPS) is 15.3. The summed E-state index contributed by atoms with van der Waals surface area (Å²) in [6.07, 6.45) is 4.90. The summed E-state index contributed by atoms with van der Waals surface area (Å²) in [5.41, 5.74) is 3.16. The van der Waals surface area contributed by atoms with Gasteiger partial charge in [-0.1, -0.05) is 43.5 Å². The second-order valence-electron chi connectivity index (χ2n) is 8.25. The number of carbonyl (C=O) groups excluding carboxylic acids is 2. The maximum atomic E-state index is 13.1. The van der Waals surface area contributed by atoms with Gasteiger partial charge in [0.25, 0.3) is 11.8 Å². The molecular formula is C25H32N2O3. The third-order valence-corrected chi connectivity index (χ3v) is 5.78. The Balaban J connectivity index is 1.73. The lowest BCUT2D eigenvalue weighted by atomic mass is 9.95. The average Bonchev–Trinajstić information content (AvgIpc) is 2.76. The Morgan fingerprint density at radius 1 is 1.07 bits per heavy atom. The second kappa shape index (κ2) is 9.79. The number of carbonyl (C=O) groups is 2. The Kier molecular flexibility index (Phi) is 7.14. The average molecular weight is 409 g/mol. The summed E-state index contributed by atoms with van der Waals surface area (Å²) in [6.45, 7) is 5.69. The second-order valence-corrected chi connectivity index (χ2v) is 8.25. The van der Waals surface area contributed by atoms with Crippen LogP contribution in [0.1, 0.15) is 60.5 Å². The molecule has 1 atom stereocenters. The van der Waals surface area contributed by atoms with Crippen molar-refractivity contribution in [1.82, 2.24) is 5.32 Å². The van der Waals surface area contributed by atoms with Crippen molar-refractivity contribution >= 4 is 17.5 Å². The summed E-state index contributed by atoms with van der Waals surface area (Å²) in [7, 11) is 1.69. The summed E-state index contributed by atoms with van der Waals surface area (Å²) in [5, 5.41) is 3.14. The molecule has 1 saturated carbocycles. The van der Waals surface area contributed by atoms with Crippen molar-refractivity contribution in [3.63, 3.8) is 0 Å². The van der Waals surface area contributed by atoms with Gasteiger partial charge in [0, 0.05) is 13.1 Å². The molecule has 1 fully saturated rings. The first-order chi connectivity index (χ1) is 14.4. The number of rotatable bonds is 6. The van der Waals surface area contributed by atoms with Crippen molar-refractivity contribution in [3.05, 3.63) is 59.2 Å². The van der Waals surface area contributed by atoms with Crippen LogP contribution < -0.4 is 15.0 Å². The Bertz CT molecular complexity index is 903. The first-order valence-electron chi connectivity index (χ1n) is 10.8. The number of para-hydroxylation sites is 1. The topological polar surface area (TPSA) is 58.6 Å². The first kappa shape index (κ1) is 21.9. The van der Waals surface area contributed by atoms with E-state index in [1.54, 1.807) is 26.1 Å². The summed E-state index contributed by atoms with van der Waals surface area (Å²) in [6, 6.07) is 13.4. The highest BCUT2D eigenvalue weighted by molar-refractivity contribution is 6.05. The smallest absolute Gasteiger partial charge is 0.267 e. The van der Waals surface area contributed by atoms with Crippen LogP contribution in [0.3, 0.4) is 0 Å². The van der Waals surface area contributed by atoms with Gasteiger partial charge in [0.1, 0.15) is 5.75 Å². The number of hydrogen-bond acceptors (Lipinski definition) is 3. The summed E-state index contributed by atoms with van der Waals surface area (Å²) in [5.74, 6) is 0.377.